The molecule has 1 aliphatic heterocycles. The lowest BCUT2D eigenvalue weighted by molar-refractivity contribution is -0.120. The Morgan fingerprint density at radius 2 is 1.81 bits per heavy atom. The molecule has 1 amide bonds. The molecule has 0 radical (unpaired) electrons. The summed E-state index contributed by atoms with van der Waals surface area (Å²) in [7, 11) is 0. The zero-order valence-corrected chi connectivity index (χ0v) is 17.1. The van der Waals surface area contributed by atoms with Crippen molar-refractivity contribution in [3.05, 3.63) is 59.1 Å². The summed E-state index contributed by atoms with van der Waals surface area (Å²) in [6.07, 6.45) is 0.773. The van der Waals surface area contributed by atoms with Crippen LogP contribution >= 0.6 is 23.4 Å². The third-order valence-electron chi connectivity index (χ3n) is 4.53. The van der Waals surface area contributed by atoms with Crippen molar-refractivity contribution in [3.8, 4) is 0 Å². The number of amides is 1. The van der Waals surface area contributed by atoms with Crippen molar-refractivity contribution in [3.63, 3.8) is 0 Å². The summed E-state index contributed by atoms with van der Waals surface area (Å²) < 4.78 is 5.39. The Balaban J connectivity index is 1.51. The normalized spacial score (nSPS) is 15.4. The summed E-state index contributed by atoms with van der Waals surface area (Å²) in [5.41, 5.74) is 2.31. The average Bonchev–Trinajstić information content (AvgIpc) is 2.72. The van der Waals surface area contributed by atoms with E-state index in [1.807, 2.05) is 31.2 Å². The van der Waals surface area contributed by atoms with Gasteiger partial charge in [0.15, 0.2) is 0 Å². The molecule has 1 saturated heterocycles. The topological polar surface area (TPSA) is 41.6 Å². The monoisotopic (exact) mass is 404 g/mol. The number of halogens is 1. The molecule has 1 aliphatic rings. The van der Waals surface area contributed by atoms with Crippen molar-refractivity contribution < 1.29 is 9.53 Å². The van der Waals surface area contributed by atoms with Crippen molar-refractivity contribution in [1.29, 1.82) is 0 Å². The second-order valence-electron chi connectivity index (χ2n) is 6.45. The molecule has 0 unspecified atom stereocenters. The van der Waals surface area contributed by atoms with Crippen molar-refractivity contribution in [2.75, 3.05) is 31.2 Å². The third-order valence-corrected chi connectivity index (χ3v) is 6.16. The van der Waals surface area contributed by atoms with Gasteiger partial charge in [-0.05, 0) is 48.4 Å². The largest absolute Gasteiger partial charge is 0.378 e. The molecule has 0 bridgehead atoms. The van der Waals surface area contributed by atoms with Gasteiger partial charge in [-0.3, -0.25) is 4.79 Å². The van der Waals surface area contributed by atoms with Crippen LogP contribution in [-0.4, -0.2) is 37.5 Å². The van der Waals surface area contributed by atoms with Crippen LogP contribution < -0.4 is 10.2 Å². The summed E-state index contributed by atoms with van der Waals surface area (Å²) in [5, 5.41) is 3.65. The Kier molecular flexibility index (Phi) is 7.44. The van der Waals surface area contributed by atoms with E-state index in [-0.39, 0.29) is 11.2 Å². The number of rotatable bonds is 7. The Morgan fingerprint density at radius 1 is 1.15 bits per heavy atom. The first-order valence-electron chi connectivity index (χ1n) is 9.27. The van der Waals surface area contributed by atoms with Crippen LogP contribution in [0.1, 0.15) is 18.9 Å². The highest BCUT2D eigenvalue weighted by molar-refractivity contribution is 8.00. The van der Waals surface area contributed by atoms with Gasteiger partial charge in [-0.1, -0.05) is 30.7 Å². The summed E-state index contributed by atoms with van der Waals surface area (Å²) in [4.78, 5) is 15.9. The minimum absolute atomic E-state index is 0.0645. The molecule has 1 fully saturated rings. The number of carbonyl (C=O) groups excluding carboxylic acids is 1. The molecule has 2 aromatic carbocycles. The zero-order chi connectivity index (χ0) is 19.1. The predicted molar refractivity (Wildman–Crippen MR) is 113 cm³/mol. The number of ether oxygens (including phenoxy) is 1. The van der Waals surface area contributed by atoms with E-state index in [0.717, 1.165) is 43.2 Å². The number of hydrogen-bond acceptors (Lipinski definition) is 4. The number of hydrogen-bond donors (Lipinski definition) is 1. The molecular formula is C21H25ClN2O2S. The molecule has 0 spiro atoms. The molecule has 144 valence electrons. The molecule has 3 rings (SSSR count). The fourth-order valence-corrected chi connectivity index (χ4v) is 4.05. The van der Waals surface area contributed by atoms with Crippen LogP contribution in [0.5, 0.6) is 0 Å². The van der Waals surface area contributed by atoms with Crippen LogP contribution in [-0.2, 0) is 16.1 Å². The van der Waals surface area contributed by atoms with E-state index < -0.39 is 0 Å². The first-order chi connectivity index (χ1) is 13.2. The smallest absolute Gasteiger partial charge is 0.233 e. The highest BCUT2D eigenvalue weighted by Crippen LogP contribution is 2.27. The first kappa shape index (κ1) is 20.1. The molecule has 0 aliphatic carbocycles. The van der Waals surface area contributed by atoms with Gasteiger partial charge in [0.1, 0.15) is 0 Å². The van der Waals surface area contributed by atoms with Crippen LogP contribution in [0.25, 0.3) is 0 Å². The Bertz CT molecular complexity index is 731. The number of anilines is 1. The standard InChI is InChI=1S/C21H25ClN2O2S/c1-2-20(27-19-9-5-17(22)6-10-19)21(25)23-15-16-3-7-18(8-4-16)24-11-13-26-14-12-24/h3-10,20H,2,11-15H2,1H3,(H,23,25)/t20-/m1/s1. The number of morpholine rings is 1. The third kappa shape index (κ3) is 5.89. The molecule has 1 N–H and O–H groups in total. The van der Waals surface area contributed by atoms with Crippen LogP contribution in [0, 0.1) is 0 Å². The van der Waals surface area contributed by atoms with Gasteiger partial charge >= 0.3 is 0 Å². The number of nitrogens with zero attached hydrogens (tertiary/aromatic N) is 1. The zero-order valence-electron chi connectivity index (χ0n) is 15.5. The van der Waals surface area contributed by atoms with Crippen molar-refractivity contribution >= 4 is 35.0 Å². The summed E-state index contributed by atoms with van der Waals surface area (Å²) in [5.74, 6) is 0.0645. The lowest BCUT2D eigenvalue weighted by Crippen LogP contribution is -2.36. The van der Waals surface area contributed by atoms with Crippen molar-refractivity contribution in [1.82, 2.24) is 5.32 Å². The summed E-state index contributed by atoms with van der Waals surface area (Å²) >= 11 is 7.50. The molecule has 4 nitrogen and oxygen atoms in total. The van der Waals surface area contributed by atoms with E-state index in [1.165, 1.54) is 5.69 Å². The van der Waals surface area contributed by atoms with E-state index in [2.05, 4.69) is 34.5 Å². The van der Waals surface area contributed by atoms with Gasteiger partial charge in [0.2, 0.25) is 5.91 Å². The molecule has 27 heavy (non-hydrogen) atoms. The van der Waals surface area contributed by atoms with Crippen LogP contribution in [0.15, 0.2) is 53.4 Å². The average molecular weight is 405 g/mol. The van der Waals surface area contributed by atoms with Crippen LogP contribution in [0.3, 0.4) is 0 Å². The molecular weight excluding hydrogens is 380 g/mol. The second-order valence-corrected chi connectivity index (χ2v) is 8.16. The lowest BCUT2D eigenvalue weighted by Gasteiger charge is -2.28. The fourth-order valence-electron chi connectivity index (χ4n) is 2.95. The van der Waals surface area contributed by atoms with E-state index in [1.54, 1.807) is 11.8 Å². The quantitative estimate of drug-likeness (QED) is 0.696. The molecule has 6 heteroatoms. The number of nitrogens with one attached hydrogen (secondary N) is 1. The first-order valence-corrected chi connectivity index (χ1v) is 10.5. The number of carbonyl (C=O) groups is 1. The molecule has 1 atom stereocenters. The van der Waals surface area contributed by atoms with E-state index in [4.69, 9.17) is 16.3 Å². The van der Waals surface area contributed by atoms with Gasteiger partial charge in [0.25, 0.3) is 0 Å². The van der Waals surface area contributed by atoms with E-state index in [9.17, 15) is 4.79 Å². The lowest BCUT2D eigenvalue weighted by atomic mass is 10.2. The number of benzene rings is 2. The van der Waals surface area contributed by atoms with Gasteiger partial charge < -0.3 is 15.0 Å². The van der Waals surface area contributed by atoms with Gasteiger partial charge in [-0.25, -0.2) is 0 Å². The Hall–Kier alpha value is -1.69. The minimum Gasteiger partial charge on any atom is -0.378 e. The van der Waals surface area contributed by atoms with Crippen LogP contribution in [0.4, 0.5) is 5.69 Å². The molecule has 0 saturated carbocycles. The molecule has 1 heterocycles. The molecule has 2 aromatic rings. The number of thioether (sulfide) groups is 1. The highest BCUT2D eigenvalue weighted by atomic mass is 35.5. The van der Waals surface area contributed by atoms with Gasteiger partial charge in [-0.15, -0.1) is 11.8 Å². The van der Waals surface area contributed by atoms with E-state index in [0.29, 0.717) is 11.6 Å². The Labute approximate surface area is 170 Å². The Morgan fingerprint density at radius 3 is 2.44 bits per heavy atom. The van der Waals surface area contributed by atoms with Crippen molar-refractivity contribution in [2.24, 2.45) is 0 Å². The van der Waals surface area contributed by atoms with Crippen LogP contribution in [0.2, 0.25) is 5.02 Å². The van der Waals surface area contributed by atoms with E-state index >= 15 is 0 Å². The predicted octanol–water partition coefficient (Wildman–Crippen LogP) is 4.36. The molecule has 0 aromatic heterocycles. The maximum absolute atomic E-state index is 12.6. The van der Waals surface area contributed by atoms with Crippen molar-refractivity contribution in [2.45, 2.75) is 30.0 Å². The summed E-state index contributed by atoms with van der Waals surface area (Å²) in [6.45, 7) is 5.99. The summed E-state index contributed by atoms with van der Waals surface area (Å²) in [6, 6.07) is 16.0. The van der Waals surface area contributed by atoms with Gasteiger partial charge in [-0.2, -0.15) is 0 Å². The SMILES string of the molecule is CC[C@@H](Sc1ccc(Cl)cc1)C(=O)NCc1ccc(N2CCOCC2)cc1. The minimum atomic E-state index is -0.112. The van der Waals surface area contributed by atoms with Gasteiger partial charge in [0, 0.05) is 35.2 Å². The highest BCUT2D eigenvalue weighted by Gasteiger charge is 2.17. The fraction of sp³-hybridized carbons (Fsp3) is 0.381. The maximum Gasteiger partial charge on any atom is 0.233 e. The maximum atomic E-state index is 12.6. The second kappa shape index (κ2) is 10.0. The van der Waals surface area contributed by atoms with Gasteiger partial charge in [0.05, 0.1) is 18.5 Å².